The molecule has 0 fully saturated rings. The summed E-state index contributed by atoms with van der Waals surface area (Å²) in [6, 6.07) is 1.90. The van der Waals surface area contributed by atoms with Crippen LogP contribution in [-0.2, 0) is 33.0 Å². The zero-order valence-corrected chi connectivity index (χ0v) is 13.4. The van der Waals surface area contributed by atoms with Gasteiger partial charge in [-0.3, -0.25) is 4.79 Å². The maximum atomic E-state index is 12.6. The molecule has 1 atom stereocenters. The van der Waals surface area contributed by atoms with Crippen molar-refractivity contribution in [3.8, 4) is 0 Å². The maximum Gasteiger partial charge on any atom is 0.343 e. The van der Waals surface area contributed by atoms with Crippen LogP contribution in [-0.4, -0.2) is 16.6 Å². The van der Waals surface area contributed by atoms with Gasteiger partial charge >= 0.3 is 5.97 Å². The number of aromatic nitrogens is 1. The monoisotopic (exact) mass is 293 g/mol. The Kier molecular flexibility index (Phi) is 4.23. The maximum absolute atomic E-state index is 12.6. The van der Waals surface area contributed by atoms with Crippen LogP contribution in [0.3, 0.4) is 0 Å². The minimum atomic E-state index is -1.17. The summed E-state index contributed by atoms with van der Waals surface area (Å²) >= 11 is 0. The average Bonchev–Trinajstić information content (AvgIpc) is 2.42. The Bertz CT molecular complexity index is 617. The van der Waals surface area contributed by atoms with E-state index in [-0.39, 0.29) is 18.3 Å². The van der Waals surface area contributed by atoms with Crippen molar-refractivity contribution < 1.29 is 14.3 Å². The molecule has 21 heavy (non-hydrogen) atoms. The second-order valence-corrected chi connectivity index (χ2v) is 5.65. The second-order valence-electron chi connectivity index (χ2n) is 5.65. The molecule has 0 N–H and O–H groups in total. The molecule has 0 bridgehead atoms. The van der Waals surface area contributed by atoms with Crippen LogP contribution in [0.1, 0.15) is 50.9 Å². The minimum Gasteiger partial charge on any atom is -0.458 e. The Balaban J connectivity index is 2.73. The lowest BCUT2D eigenvalue weighted by molar-refractivity contribution is -0.187. The molecule has 0 aromatic carbocycles. The predicted octanol–water partition coefficient (Wildman–Crippen LogP) is 2.26. The number of aryl methyl sites for hydroxylation is 1. The molecule has 0 saturated heterocycles. The van der Waals surface area contributed by atoms with Gasteiger partial charge in [0.25, 0.3) is 5.56 Å². The SMILES string of the molecule is CCn1c(C)cc2c(c1=O)COC(=O)[C@@]2(CC)OC(C)C. The number of hydrogen-bond acceptors (Lipinski definition) is 4. The average molecular weight is 293 g/mol. The van der Waals surface area contributed by atoms with Gasteiger partial charge in [0.15, 0.2) is 5.60 Å². The molecule has 0 radical (unpaired) electrons. The zero-order valence-electron chi connectivity index (χ0n) is 13.4. The molecule has 5 nitrogen and oxygen atoms in total. The van der Waals surface area contributed by atoms with E-state index < -0.39 is 11.6 Å². The van der Waals surface area contributed by atoms with Gasteiger partial charge in [0.05, 0.1) is 11.7 Å². The van der Waals surface area contributed by atoms with Crippen molar-refractivity contribution in [1.29, 1.82) is 0 Å². The third kappa shape index (κ3) is 2.39. The number of carbonyl (C=O) groups is 1. The van der Waals surface area contributed by atoms with E-state index in [1.165, 1.54) is 0 Å². The first-order valence-corrected chi connectivity index (χ1v) is 7.46. The Morgan fingerprint density at radius 2 is 2.05 bits per heavy atom. The highest BCUT2D eigenvalue weighted by atomic mass is 16.6. The summed E-state index contributed by atoms with van der Waals surface area (Å²) in [6.45, 7) is 10.0. The fourth-order valence-corrected chi connectivity index (χ4v) is 3.00. The number of cyclic esters (lactones) is 1. The molecule has 1 aliphatic heterocycles. The number of fused-ring (bicyclic) bond motifs is 1. The van der Waals surface area contributed by atoms with E-state index in [1.54, 1.807) is 4.57 Å². The lowest BCUT2D eigenvalue weighted by Gasteiger charge is -2.37. The van der Waals surface area contributed by atoms with Gasteiger partial charge in [0, 0.05) is 17.8 Å². The van der Waals surface area contributed by atoms with Crippen LogP contribution in [0.5, 0.6) is 0 Å². The first kappa shape index (κ1) is 15.8. The van der Waals surface area contributed by atoms with Crippen LogP contribution < -0.4 is 5.56 Å². The summed E-state index contributed by atoms with van der Waals surface area (Å²) in [5.74, 6) is -0.403. The smallest absolute Gasteiger partial charge is 0.343 e. The van der Waals surface area contributed by atoms with Crippen LogP contribution in [0, 0.1) is 6.92 Å². The first-order chi connectivity index (χ1) is 9.87. The van der Waals surface area contributed by atoms with Crippen molar-refractivity contribution in [2.45, 2.75) is 65.9 Å². The topological polar surface area (TPSA) is 57.5 Å². The van der Waals surface area contributed by atoms with Gasteiger partial charge in [-0.1, -0.05) is 6.92 Å². The van der Waals surface area contributed by atoms with Crippen molar-refractivity contribution in [2.24, 2.45) is 0 Å². The van der Waals surface area contributed by atoms with Crippen LogP contribution in [0.25, 0.3) is 0 Å². The summed E-state index contributed by atoms with van der Waals surface area (Å²) < 4.78 is 12.9. The Labute approximate surface area is 124 Å². The number of nitrogens with zero attached hydrogens (tertiary/aromatic N) is 1. The predicted molar refractivity (Wildman–Crippen MR) is 79.1 cm³/mol. The van der Waals surface area contributed by atoms with Crippen molar-refractivity contribution >= 4 is 5.97 Å². The van der Waals surface area contributed by atoms with E-state index in [0.29, 0.717) is 24.1 Å². The number of rotatable bonds is 4. The number of hydrogen-bond donors (Lipinski definition) is 0. The Hall–Kier alpha value is -1.62. The van der Waals surface area contributed by atoms with Crippen molar-refractivity contribution in [1.82, 2.24) is 4.57 Å². The van der Waals surface area contributed by atoms with E-state index in [9.17, 15) is 9.59 Å². The highest BCUT2D eigenvalue weighted by Gasteiger charge is 2.47. The fraction of sp³-hybridized carbons (Fsp3) is 0.625. The van der Waals surface area contributed by atoms with Gasteiger partial charge in [0.2, 0.25) is 0 Å². The van der Waals surface area contributed by atoms with Crippen molar-refractivity contribution in [2.75, 3.05) is 0 Å². The summed E-state index contributed by atoms with van der Waals surface area (Å²) in [6.07, 6.45) is 0.295. The second kappa shape index (κ2) is 5.64. The van der Waals surface area contributed by atoms with Crippen molar-refractivity contribution in [3.05, 3.63) is 33.2 Å². The van der Waals surface area contributed by atoms with Gasteiger partial charge in [-0.25, -0.2) is 4.79 Å². The van der Waals surface area contributed by atoms with Crippen LogP contribution in [0.15, 0.2) is 10.9 Å². The van der Waals surface area contributed by atoms with E-state index in [1.807, 2.05) is 40.7 Å². The molecule has 2 rings (SSSR count). The normalized spacial score (nSPS) is 21.3. The summed E-state index contributed by atoms with van der Waals surface area (Å²) in [5.41, 5.74) is 0.774. The van der Waals surface area contributed by atoms with Gasteiger partial charge in [0.1, 0.15) is 6.61 Å². The zero-order chi connectivity index (χ0) is 15.8. The van der Waals surface area contributed by atoms with Crippen molar-refractivity contribution in [3.63, 3.8) is 0 Å². The summed E-state index contributed by atoms with van der Waals surface area (Å²) in [5, 5.41) is 0. The lowest BCUT2D eigenvalue weighted by atomic mass is 9.85. The molecular weight excluding hydrogens is 270 g/mol. The molecule has 1 aliphatic rings. The number of esters is 1. The first-order valence-electron chi connectivity index (χ1n) is 7.46. The lowest BCUT2D eigenvalue weighted by Crippen LogP contribution is -2.47. The van der Waals surface area contributed by atoms with E-state index in [0.717, 1.165) is 5.69 Å². The Morgan fingerprint density at radius 3 is 2.57 bits per heavy atom. The number of ether oxygens (including phenoxy) is 2. The fourth-order valence-electron chi connectivity index (χ4n) is 3.00. The quantitative estimate of drug-likeness (QED) is 0.799. The van der Waals surface area contributed by atoms with Crippen LogP contribution >= 0.6 is 0 Å². The van der Waals surface area contributed by atoms with E-state index in [4.69, 9.17) is 9.47 Å². The summed E-state index contributed by atoms with van der Waals surface area (Å²) in [7, 11) is 0. The molecule has 2 heterocycles. The van der Waals surface area contributed by atoms with Gasteiger partial charge in [-0.05, 0) is 40.2 Å². The van der Waals surface area contributed by atoms with E-state index >= 15 is 0 Å². The summed E-state index contributed by atoms with van der Waals surface area (Å²) in [4.78, 5) is 24.9. The molecule has 0 amide bonds. The van der Waals surface area contributed by atoms with Gasteiger partial charge in [-0.2, -0.15) is 0 Å². The number of pyridine rings is 1. The number of carbonyl (C=O) groups excluding carboxylic acids is 1. The van der Waals surface area contributed by atoms with Crippen LogP contribution in [0.4, 0.5) is 0 Å². The highest BCUT2D eigenvalue weighted by Crippen LogP contribution is 2.37. The van der Waals surface area contributed by atoms with Crippen LogP contribution in [0.2, 0.25) is 0 Å². The Morgan fingerprint density at radius 1 is 1.38 bits per heavy atom. The van der Waals surface area contributed by atoms with Gasteiger partial charge in [-0.15, -0.1) is 0 Å². The molecule has 1 aromatic heterocycles. The molecule has 0 spiro atoms. The molecule has 5 heteroatoms. The molecule has 116 valence electrons. The third-order valence-corrected chi connectivity index (χ3v) is 3.97. The third-order valence-electron chi connectivity index (χ3n) is 3.97. The molecule has 1 aromatic rings. The van der Waals surface area contributed by atoms with E-state index in [2.05, 4.69) is 0 Å². The standard InChI is InChI=1S/C16H23NO4/c1-6-16(21-10(3)4)13-8-11(5)17(7-2)14(18)12(13)9-20-15(16)19/h8,10H,6-7,9H2,1-5H3/t16-/m0/s1. The highest BCUT2D eigenvalue weighted by molar-refractivity contribution is 5.83. The molecular formula is C16H23NO4. The largest absolute Gasteiger partial charge is 0.458 e. The molecule has 0 aliphatic carbocycles. The molecule has 0 saturated carbocycles. The minimum absolute atomic E-state index is 0.0243. The van der Waals surface area contributed by atoms with Gasteiger partial charge < -0.3 is 14.0 Å². The molecule has 0 unspecified atom stereocenters.